The molecule has 0 unspecified atom stereocenters. The first-order chi connectivity index (χ1) is 17.9. The molecular formula is C27H29N5O4S. The van der Waals surface area contributed by atoms with Crippen molar-refractivity contribution < 1.29 is 18.0 Å². The molecule has 10 heteroatoms. The second kappa shape index (κ2) is 11.9. The number of urea groups is 1. The SMILES string of the molecule is N#Cc1ccc(CN(NC(=O)CNS(=O)(=O)c2ccc3ccccc3c2)C(=O)N2CCCCCC2)cc1. The first-order valence-electron chi connectivity index (χ1n) is 12.2. The average molecular weight is 520 g/mol. The predicted molar refractivity (Wildman–Crippen MR) is 139 cm³/mol. The molecule has 0 saturated carbocycles. The summed E-state index contributed by atoms with van der Waals surface area (Å²) >= 11 is 0. The van der Waals surface area contributed by atoms with Gasteiger partial charge in [0.25, 0.3) is 5.91 Å². The smallest absolute Gasteiger partial charge is 0.323 e. The minimum absolute atomic E-state index is 0.0501. The van der Waals surface area contributed by atoms with Crippen molar-refractivity contribution in [3.05, 3.63) is 77.9 Å². The van der Waals surface area contributed by atoms with Gasteiger partial charge in [0, 0.05) is 13.1 Å². The monoisotopic (exact) mass is 519 g/mol. The summed E-state index contributed by atoms with van der Waals surface area (Å²) in [5, 5.41) is 11.9. The number of hydrazine groups is 1. The van der Waals surface area contributed by atoms with Crippen LogP contribution in [0.25, 0.3) is 10.8 Å². The van der Waals surface area contributed by atoms with E-state index in [1.807, 2.05) is 24.3 Å². The quantitative estimate of drug-likeness (QED) is 0.483. The van der Waals surface area contributed by atoms with E-state index in [2.05, 4.69) is 16.2 Å². The van der Waals surface area contributed by atoms with Crippen LogP contribution in [0.15, 0.2) is 71.6 Å². The number of nitrogens with zero attached hydrogens (tertiary/aromatic N) is 3. The number of nitriles is 1. The van der Waals surface area contributed by atoms with Gasteiger partial charge >= 0.3 is 6.03 Å². The number of nitrogens with one attached hydrogen (secondary N) is 2. The number of carbonyl (C=O) groups excluding carboxylic acids is 2. The third kappa shape index (κ3) is 6.84. The highest BCUT2D eigenvalue weighted by molar-refractivity contribution is 7.89. The molecule has 37 heavy (non-hydrogen) atoms. The Morgan fingerprint density at radius 2 is 1.59 bits per heavy atom. The van der Waals surface area contributed by atoms with Gasteiger partial charge in [0.15, 0.2) is 0 Å². The molecule has 1 fully saturated rings. The van der Waals surface area contributed by atoms with Gasteiger partial charge in [0.05, 0.1) is 29.6 Å². The van der Waals surface area contributed by atoms with E-state index in [0.29, 0.717) is 18.7 Å². The van der Waals surface area contributed by atoms with Gasteiger partial charge in [0.2, 0.25) is 10.0 Å². The molecule has 3 aromatic rings. The van der Waals surface area contributed by atoms with Crippen molar-refractivity contribution >= 4 is 32.7 Å². The summed E-state index contributed by atoms with van der Waals surface area (Å²) in [5.74, 6) is -0.666. The fourth-order valence-electron chi connectivity index (χ4n) is 4.22. The Labute approximate surface area is 216 Å². The summed E-state index contributed by atoms with van der Waals surface area (Å²) in [5.41, 5.74) is 3.79. The normalized spacial score (nSPS) is 14.0. The Hall–Kier alpha value is -3.94. The molecule has 0 bridgehead atoms. The van der Waals surface area contributed by atoms with E-state index in [4.69, 9.17) is 5.26 Å². The largest absolute Gasteiger partial charge is 0.339 e. The second-order valence-electron chi connectivity index (χ2n) is 8.95. The Bertz CT molecular complexity index is 1410. The Morgan fingerprint density at radius 1 is 0.919 bits per heavy atom. The van der Waals surface area contributed by atoms with Crippen molar-refractivity contribution in [1.29, 1.82) is 5.26 Å². The molecule has 0 radical (unpaired) electrons. The average Bonchev–Trinajstić information content (AvgIpc) is 3.21. The molecule has 9 nitrogen and oxygen atoms in total. The van der Waals surface area contributed by atoms with Crippen molar-refractivity contribution in [2.24, 2.45) is 0 Å². The molecule has 3 amide bonds. The lowest BCUT2D eigenvalue weighted by molar-refractivity contribution is -0.124. The molecule has 4 rings (SSSR count). The van der Waals surface area contributed by atoms with Crippen LogP contribution < -0.4 is 10.1 Å². The molecule has 0 aliphatic carbocycles. The predicted octanol–water partition coefficient (Wildman–Crippen LogP) is 3.52. The van der Waals surface area contributed by atoms with Crippen molar-refractivity contribution in [2.45, 2.75) is 37.1 Å². The standard InChI is InChI=1S/C27H29N5O4S/c28-18-21-9-11-22(12-10-21)20-32(27(34)31-15-5-1-2-6-16-31)30-26(33)19-29-37(35,36)25-14-13-23-7-3-4-8-24(23)17-25/h3-4,7-14,17,29H,1-2,5-6,15-16,19-20H2,(H,30,33). The van der Waals surface area contributed by atoms with Crippen molar-refractivity contribution in [3.8, 4) is 6.07 Å². The topological polar surface area (TPSA) is 123 Å². The summed E-state index contributed by atoms with van der Waals surface area (Å²) in [6, 6.07) is 20.6. The van der Waals surface area contributed by atoms with Crippen LogP contribution >= 0.6 is 0 Å². The fourth-order valence-corrected chi connectivity index (χ4v) is 5.24. The van der Waals surface area contributed by atoms with Gasteiger partial charge in [-0.05, 0) is 53.4 Å². The van der Waals surface area contributed by atoms with Gasteiger partial charge in [0.1, 0.15) is 0 Å². The number of sulfonamides is 1. The molecule has 0 spiro atoms. The fraction of sp³-hybridized carbons (Fsp3) is 0.296. The van der Waals surface area contributed by atoms with Gasteiger partial charge in [-0.2, -0.15) is 5.26 Å². The molecule has 2 N–H and O–H groups in total. The first kappa shape index (κ1) is 26.1. The lowest BCUT2D eigenvalue weighted by Crippen LogP contribution is -2.53. The highest BCUT2D eigenvalue weighted by Gasteiger charge is 2.25. The van der Waals surface area contributed by atoms with Crippen LogP contribution in [-0.2, 0) is 21.4 Å². The first-order valence-corrected chi connectivity index (χ1v) is 13.7. The number of hydrogen-bond acceptors (Lipinski definition) is 5. The molecular weight excluding hydrogens is 490 g/mol. The summed E-state index contributed by atoms with van der Waals surface area (Å²) in [4.78, 5) is 27.9. The Morgan fingerprint density at radius 3 is 2.27 bits per heavy atom. The number of benzene rings is 3. The number of carbonyl (C=O) groups is 2. The lowest BCUT2D eigenvalue weighted by atomic mass is 10.1. The van der Waals surface area contributed by atoms with E-state index in [1.54, 1.807) is 41.3 Å². The maximum Gasteiger partial charge on any atom is 0.339 e. The zero-order valence-corrected chi connectivity index (χ0v) is 21.2. The summed E-state index contributed by atoms with van der Waals surface area (Å²) in [6.45, 7) is 0.719. The molecule has 1 heterocycles. The van der Waals surface area contributed by atoms with E-state index in [1.165, 1.54) is 11.1 Å². The summed E-state index contributed by atoms with van der Waals surface area (Å²) < 4.78 is 28.0. The van der Waals surface area contributed by atoms with Crippen LogP contribution in [0.2, 0.25) is 0 Å². The highest BCUT2D eigenvalue weighted by Crippen LogP contribution is 2.19. The molecule has 0 atom stereocenters. The number of hydrogen-bond donors (Lipinski definition) is 2. The maximum absolute atomic E-state index is 13.3. The Balaban J connectivity index is 1.45. The zero-order chi connectivity index (χ0) is 26.3. The second-order valence-corrected chi connectivity index (χ2v) is 10.7. The van der Waals surface area contributed by atoms with Crippen molar-refractivity contribution in [1.82, 2.24) is 20.1 Å². The minimum Gasteiger partial charge on any atom is -0.323 e. The van der Waals surface area contributed by atoms with E-state index < -0.39 is 22.5 Å². The molecule has 1 aliphatic heterocycles. The maximum atomic E-state index is 13.3. The van der Waals surface area contributed by atoms with E-state index in [9.17, 15) is 18.0 Å². The van der Waals surface area contributed by atoms with E-state index >= 15 is 0 Å². The van der Waals surface area contributed by atoms with E-state index in [0.717, 1.165) is 42.0 Å². The third-order valence-corrected chi connectivity index (χ3v) is 7.64. The van der Waals surface area contributed by atoms with Crippen LogP contribution in [0.3, 0.4) is 0 Å². The van der Waals surface area contributed by atoms with Gasteiger partial charge in [-0.3, -0.25) is 10.2 Å². The molecule has 1 aliphatic rings. The number of likely N-dealkylation sites (tertiary alicyclic amines) is 1. The highest BCUT2D eigenvalue weighted by atomic mass is 32.2. The van der Waals surface area contributed by atoms with Crippen LogP contribution in [0, 0.1) is 11.3 Å². The van der Waals surface area contributed by atoms with Crippen molar-refractivity contribution in [3.63, 3.8) is 0 Å². The molecule has 3 aromatic carbocycles. The lowest BCUT2D eigenvalue weighted by Gasteiger charge is -2.30. The van der Waals surface area contributed by atoms with Gasteiger partial charge in [-0.15, -0.1) is 0 Å². The van der Waals surface area contributed by atoms with E-state index in [-0.39, 0.29) is 17.5 Å². The number of fused-ring (bicyclic) bond motifs is 1. The molecule has 192 valence electrons. The molecule has 1 saturated heterocycles. The molecule has 0 aromatic heterocycles. The zero-order valence-electron chi connectivity index (χ0n) is 20.4. The van der Waals surface area contributed by atoms with Crippen LogP contribution in [0.1, 0.15) is 36.8 Å². The summed E-state index contributed by atoms with van der Waals surface area (Å²) in [7, 11) is -3.95. The summed E-state index contributed by atoms with van der Waals surface area (Å²) in [6.07, 6.45) is 3.86. The van der Waals surface area contributed by atoms with Gasteiger partial charge < -0.3 is 4.90 Å². The van der Waals surface area contributed by atoms with Crippen LogP contribution in [0.5, 0.6) is 0 Å². The van der Waals surface area contributed by atoms with Gasteiger partial charge in [-0.1, -0.05) is 55.3 Å². The third-order valence-electron chi connectivity index (χ3n) is 6.24. The van der Waals surface area contributed by atoms with Crippen molar-refractivity contribution in [2.75, 3.05) is 19.6 Å². The number of amides is 3. The van der Waals surface area contributed by atoms with Gasteiger partial charge in [-0.25, -0.2) is 22.9 Å². The number of rotatable bonds is 6. The van der Waals surface area contributed by atoms with Crippen LogP contribution in [0.4, 0.5) is 4.79 Å². The Kier molecular flexibility index (Phi) is 8.38. The minimum atomic E-state index is -3.95. The van der Waals surface area contributed by atoms with Crippen LogP contribution in [-0.4, -0.2) is 49.9 Å².